The van der Waals surface area contributed by atoms with E-state index < -0.39 is 0 Å². The van der Waals surface area contributed by atoms with Gasteiger partial charge >= 0.3 is 6.09 Å². The molecule has 2 unspecified atom stereocenters. The van der Waals surface area contributed by atoms with Gasteiger partial charge in [0.1, 0.15) is 11.6 Å². The highest BCUT2D eigenvalue weighted by molar-refractivity contribution is 8.01. The third kappa shape index (κ3) is 3.12. The second-order valence-corrected chi connectivity index (χ2v) is 8.10. The van der Waals surface area contributed by atoms with E-state index >= 15 is 0 Å². The molecule has 1 amide bonds. The van der Waals surface area contributed by atoms with Crippen LogP contribution >= 0.6 is 23.1 Å². The monoisotopic (exact) mass is 393 g/mol. The summed E-state index contributed by atoms with van der Waals surface area (Å²) in [7, 11) is 0. The Hall–Kier alpha value is -1.91. The highest BCUT2D eigenvalue weighted by Crippen LogP contribution is 2.42. The van der Waals surface area contributed by atoms with E-state index in [2.05, 4.69) is 21.0 Å². The molecule has 2 aliphatic rings. The average Bonchev–Trinajstić information content (AvgIpc) is 3.37. The number of hydrogen-bond donors (Lipinski definition) is 0. The number of carbonyl (C=O) groups excluding carboxylic acids is 2. The van der Waals surface area contributed by atoms with Crippen LogP contribution in [0.25, 0.3) is 0 Å². The molecule has 0 radical (unpaired) electrons. The van der Waals surface area contributed by atoms with Crippen molar-refractivity contribution in [1.29, 1.82) is 0 Å². The van der Waals surface area contributed by atoms with Crippen molar-refractivity contribution in [3.05, 3.63) is 28.7 Å². The fourth-order valence-electron chi connectivity index (χ4n) is 3.32. The molecule has 0 N–H and O–H groups in total. The summed E-state index contributed by atoms with van der Waals surface area (Å²) in [6.45, 7) is 4.76. The van der Waals surface area contributed by atoms with Gasteiger partial charge in [-0.2, -0.15) is 9.78 Å². The Morgan fingerprint density at radius 3 is 2.85 bits per heavy atom. The lowest BCUT2D eigenvalue weighted by Crippen LogP contribution is -2.52. The summed E-state index contributed by atoms with van der Waals surface area (Å²) in [6.07, 6.45) is 1.14. The summed E-state index contributed by atoms with van der Waals surface area (Å²) < 4.78 is 6.48. The number of amides is 1. The number of aromatic nitrogens is 3. The van der Waals surface area contributed by atoms with Gasteiger partial charge in [-0.05, 0) is 18.4 Å². The van der Waals surface area contributed by atoms with Gasteiger partial charge in [0.2, 0.25) is 0 Å². The van der Waals surface area contributed by atoms with E-state index in [-0.39, 0.29) is 23.3 Å². The van der Waals surface area contributed by atoms with Gasteiger partial charge in [-0.3, -0.25) is 9.69 Å². The maximum absolute atomic E-state index is 12.8. The minimum atomic E-state index is -0.279. The maximum atomic E-state index is 12.8. The summed E-state index contributed by atoms with van der Waals surface area (Å²) in [5, 5.41) is 6.44. The molecular formula is C16H19N5O3S2. The molecule has 4 rings (SSSR count). The molecule has 4 heterocycles. The van der Waals surface area contributed by atoms with Gasteiger partial charge in [0.15, 0.2) is 5.16 Å². The zero-order valence-electron chi connectivity index (χ0n) is 14.3. The SMILES string of the molecule is CCOC(=O)N1CCN(C(c2cccs2)C2Sc3ncnn3C2=O)CC1. The zero-order valence-corrected chi connectivity index (χ0v) is 15.9. The fraction of sp³-hybridized carbons (Fsp3) is 0.500. The van der Waals surface area contributed by atoms with E-state index in [1.54, 1.807) is 23.2 Å². The van der Waals surface area contributed by atoms with Crippen LogP contribution in [0.3, 0.4) is 0 Å². The number of thiophene rings is 1. The molecule has 0 spiro atoms. The summed E-state index contributed by atoms with van der Waals surface area (Å²) in [4.78, 5) is 34.1. The van der Waals surface area contributed by atoms with Crippen LogP contribution in [-0.2, 0) is 4.74 Å². The first kappa shape index (κ1) is 17.5. The van der Waals surface area contributed by atoms with Crippen molar-refractivity contribution in [3.8, 4) is 0 Å². The van der Waals surface area contributed by atoms with E-state index in [0.717, 1.165) is 4.88 Å². The van der Waals surface area contributed by atoms with Crippen LogP contribution < -0.4 is 0 Å². The number of ether oxygens (including phenoxy) is 1. The predicted octanol–water partition coefficient (Wildman–Crippen LogP) is 1.97. The average molecular weight is 393 g/mol. The van der Waals surface area contributed by atoms with E-state index in [4.69, 9.17) is 4.74 Å². The van der Waals surface area contributed by atoms with Gasteiger partial charge in [-0.1, -0.05) is 17.8 Å². The van der Waals surface area contributed by atoms with E-state index in [9.17, 15) is 9.59 Å². The normalized spacial score (nSPS) is 21.7. The third-order valence-electron chi connectivity index (χ3n) is 4.56. The number of thioether (sulfide) groups is 1. The van der Waals surface area contributed by atoms with Gasteiger partial charge in [0.05, 0.1) is 12.6 Å². The Bertz CT molecular complexity index is 786. The van der Waals surface area contributed by atoms with Crippen LogP contribution in [0.15, 0.2) is 29.0 Å². The van der Waals surface area contributed by atoms with Gasteiger partial charge < -0.3 is 9.64 Å². The van der Waals surface area contributed by atoms with Crippen molar-refractivity contribution in [2.75, 3.05) is 32.8 Å². The quantitative estimate of drug-likeness (QED) is 0.785. The zero-order chi connectivity index (χ0) is 18.1. The molecule has 2 aliphatic heterocycles. The molecule has 1 fully saturated rings. The second-order valence-electron chi connectivity index (χ2n) is 6.01. The first-order valence-electron chi connectivity index (χ1n) is 8.49. The number of nitrogens with zero attached hydrogens (tertiary/aromatic N) is 5. The lowest BCUT2D eigenvalue weighted by Gasteiger charge is -2.39. The third-order valence-corrected chi connectivity index (χ3v) is 6.70. The summed E-state index contributed by atoms with van der Waals surface area (Å²) in [6, 6.07) is 4.01. The van der Waals surface area contributed by atoms with Gasteiger partial charge in [0.25, 0.3) is 5.91 Å². The standard InChI is InChI=1S/C16H19N5O3S2/c1-2-24-16(23)20-7-5-19(6-8-20)12(11-4-3-9-25-11)13-14(22)21-15(26-13)17-10-18-21/h3-4,9-10,12-13H,2,5-8H2,1H3. The minimum Gasteiger partial charge on any atom is -0.450 e. The van der Waals surface area contributed by atoms with E-state index in [1.165, 1.54) is 22.8 Å². The van der Waals surface area contributed by atoms with Crippen molar-refractivity contribution < 1.29 is 14.3 Å². The molecule has 0 saturated carbocycles. The van der Waals surface area contributed by atoms with Gasteiger partial charge in [0, 0.05) is 31.1 Å². The van der Waals surface area contributed by atoms with Crippen LogP contribution in [0.5, 0.6) is 0 Å². The largest absolute Gasteiger partial charge is 0.450 e. The highest BCUT2D eigenvalue weighted by atomic mass is 32.2. The topological polar surface area (TPSA) is 80.6 Å². The van der Waals surface area contributed by atoms with Gasteiger partial charge in [-0.15, -0.1) is 11.3 Å². The molecule has 138 valence electrons. The van der Waals surface area contributed by atoms with Crippen molar-refractivity contribution in [3.63, 3.8) is 0 Å². The molecule has 26 heavy (non-hydrogen) atoms. The number of rotatable bonds is 4. The predicted molar refractivity (Wildman–Crippen MR) is 97.5 cm³/mol. The van der Waals surface area contributed by atoms with Crippen molar-refractivity contribution in [2.24, 2.45) is 0 Å². The first-order chi connectivity index (χ1) is 12.7. The Labute approximate surface area is 159 Å². The van der Waals surface area contributed by atoms with E-state index in [0.29, 0.717) is 37.9 Å². The molecular weight excluding hydrogens is 374 g/mol. The van der Waals surface area contributed by atoms with Gasteiger partial charge in [-0.25, -0.2) is 9.78 Å². The van der Waals surface area contributed by atoms with Crippen LogP contribution in [0, 0.1) is 0 Å². The van der Waals surface area contributed by atoms with Crippen molar-refractivity contribution in [1.82, 2.24) is 24.6 Å². The molecule has 0 bridgehead atoms. The molecule has 1 saturated heterocycles. The highest BCUT2D eigenvalue weighted by Gasteiger charge is 2.43. The maximum Gasteiger partial charge on any atom is 0.409 e. The fourth-order valence-corrected chi connectivity index (χ4v) is 5.53. The Morgan fingerprint density at radius 1 is 1.38 bits per heavy atom. The second kappa shape index (κ2) is 7.37. The summed E-state index contributed by atoms with van der Waals surface area (Å²) >= 11 is 3.11. The lowest BCUT2D eigenvalue weighted by molar-refractivity contribution is 0.0606. The number of hydrogen-bond acceptors (Lipinski definition) is 8. The van der Waals surface area contributed by atoms with Crippen LogP contribution in [0.4, 0.5) is 4.79 Å². The Kier molecular flexibility index (Phi) is 4.96. The minimum absolute atomic E-state index is 0.0336. The van der Waals surface area contributed by atoms with Crippen LogP contribution in [0.2, 0.25) is 0 Å². The number of piperazine rings is 1. The molecule has 2 atom stereocenters. The van der Waals surface area contributed by atoms with Crippen LogP contribution in [0.1, 0.15) is 22.6 Å². The molecule has 10 heteroatoms. The van der Waals surface area contributed by atoms with Crippen molar-refractivity contribution >= 4 is 35.1 Å². The lowest BCUT2D eigenvalue weighted by atomic mass is 10.1. The van der Waals surface area contributed by atoms with Crippen LogP contribution in [-0.4, -0.2) is 74.6 Å². The number of fused-ring (bicyclic) bond motifs is 1. The van der Waals surface area contributed by atoms with Crippen molar-refractivity contribution in [2.45, 2.75) is 23.4 Å². The Balaban J connectivity index is 1.52. The molecule has 2 aromatic rings. The Morgan fingerprint density at radius 2 is 2.19 bits per heavy atom. The summed E-state index contributed by atoms with van der Waals surface area (Å²) in [5.74, 6) is -0.0336. The molecule has 2 aromatic heterocycles. The smallest absolute Gasteiger partial charge is 0.409 e. The first-order valence-corrected chi connectivity index (χ1v) is 10.2. The number of carbonyl (C=O) groups is 2. The molecule has 0 aromatic carbocycles. The molecule has 0 aliphatic carbocycles. The summed E-state index contributed by atoms with van der Waals surface area (Å²) in [5.41, 5.74) is 0. The van der Waals surface area contributed by atoms with E-state index in [1.807, 2.05) is 11.4 Å². The molecule has 8 nitrogen and oxygen atoms in total.